The Morgan fingerprint density at radius 2 is 1.51 bits per heavy atom. The summed E-state index contributed by atoms with van der Waals surface area (Å²) >= 11 is 3.53. The number of rotatable bonds is 23. The number of phosphoric ester groups is 1. The van der Waals surface area contributed by atoms with E-state index in [-0.39, 0.29) is 18.8 Å². The van der Waals surface area contributed by atoms with Gasteiger partial charge in [0.15, 0.2) is 0 Å². The average molecular weight is 580 g/mol. The lowest BCUT2D eigenvalue weighted by Gasteiger charge is -2.18. The molecule has 3 atom stereocenters. The molecule has 0 spiro atoms. The fourth-order valence-corrected chi connectivity index (χ4v) is 4.91. The van der Waals surface area contributed by atoms with Gasteiger partial charge in [0.25, 0.3) is 0 Å². The van der Waals surface area contributed by atoms with Crippen molar-refractivity contribution in [2.24, 2.45) is 0 Å². The molecule has 0 radical (unpaired) electrons. The van der Waals surface area contributed by atoms with E-state index in [1.54, 1.807) is 6.92 Å². The molecule has 0 saturated carbocycles. The molecule has 0 bridgehead atoms. The van der Waals surface area contributed by atoms with Crippen molar-refractivity contribution in [3.63, 3.8) is 0 Å². The highest BCUT2D eigenvalue weighted by Crippen LogP contribution is 2.44. The summed E-state index contributed by atoms with van der Waals surface area (Å²) < 4.78 is 26.4. The monoisotopic (exact) mass is 578 g/mol. The molecular formula is C27H48BrO6P. The first kappa shape index (κ1) is 32.8. The summed E-state index contributed by atoms with van der Waals surface area (Å²) in [6, 6.07) is 8.88. The highest BCUT2D eigenvalue weighted by Gasteiger charge is 2.25. The van der Waals surface area contributed by atoms with Crippen LogP contribution in [0.5, 0.6) is 0 Å². The second-order valence-electron chi connectivity index (χ2n) is 9.39. The zero-order chi connectivity index (χ0) is 25.8. The Balaban J connectivity index is 1.94. The van der Waals surface area contributed by atoms with Crippen LogP contribution in [-0.4, -0.2) is 30.8 Å². The van der Waals surface area contributed by atoms with E-state index < -0.39 is 7.82 Å². The van der Waals surface area contributed by atoms with Gasteiger partial charge in [-0.15, -0.1) is 4.67 Å². The van der Waals surface area contributed by atoms with Gasteiger partial charge in [-0.2, -0.15) is 0 Å². The molecule has 1 N–H and O–H groups in total. The number of alkyl halides is 1. The molecule has 1 rings (SSSR count). The molecule has 0 heterocycles. The van der Waals surface area contributed by atoms with Crippen molar-refractivity contribution in [2.75, 3.05) is 13.7 Å². The predicted octanol–water partition coefficient (Wildman–Crippen LogP) is 8.68. The van der Waals surface area contributed by atoms with Crippen molar-refractivity contribution in [1.29, 1.82) is 0 Å². The number of hydrogen-bond donors (Lipinski definition) is 1. The van der Waals surface area contributed by atoms with Crippen LogP contribution in [-0.2, 0) is 35.1 Å². The van der Waals surface area contributed by atoms with Crippen molar-refractivity contribution in [1.82, 2.24) is 0 Å². The maximum absolute atomic E-state index is 11.8. The molecule has 0 aliphatic heterocycles. The van der Waals surface area contributed by atoms with Gasteiger partial charge in [0.2, 0.25) is 0 Å². The summed E-state index contributed by atoms with van der Waals surface area (Å²) in [5.41, 5.74) is 2.82. The normalized spacial score (nSPS) is 15.1. The van der Waals surface area contributed by atoms with Crippen molar-refractivity contribution < 1.29 is 28.3 Å². The van der Waals surface area contributed by atoms with Crippen LogP contribution in [0.4, 0.5) is 0 Å². The van der Waals surface area contributed by atoms with Crippen LogP contribution in [0.25, 0.3) is 0 Å². The number of hydrogen-bond acceptors (Lipinski definition) is 5. The lowest BCUT2D eigenvalue weighted by molar-refractivity contribution is -0.262. The minimum absolute atomic E-state index is 0.0306. The van der Waals surface area contributed by atoms with Gasteiger partial charge in [0.05, 0.1) is 18.8 Å². The molecule has 8 heteroatoms. The van der Waals surface area contributed by atoms with E-state index in [0.29, 0.717) is 0 Å². The topological polar surface area (TPSA) is 74.2 Å². The Labute approximate surface area is 222 Å². The number of unbranched alkanes of at least 4 members (excludes halogenated alkanes) is 10. The minimum Gasteiger partial charge on any atom is -0.379 e. The van der Waals surface area contributed by atoms with Crippen molar-refractivity contribution in [2.45, 2.75) is 121 Å². The second-order valence-corrected chi connectivity index (χ2v) is 11.3. The highest BCUT2D eigenvalue weighted by molar-refractivity contribution is 9.08. The molecule has 0 aliphatic carbocycles. The van der Waals surface area contributed by atoms with E-state index in [1.165, 1.54) is 82.4 Å². The summed E-state index contributed by atoms with van der Waals surface area (Å²) in [4.78, 5) is 14.8. The van der Waals surface area contributed by atoms with Crippen LogP contribution in [0, 0.1) is 0 Å². The maximum Gasteiger partial charge on any atom is 0.499 e. The number of benzene rings is 1. The molecule has 0 aliphatic rings. The first-order valence-electron chi connectivity index (χ1n) is 13.4. The van der Waals surface area contributed by atoms with Gasteiger partial charge in [0.1, 0.15) is 0 Å². The third-order valence-electron chi connectivity index (χ3n) is 6.24. The molecule has 204 valence electrons. The van der Waals surface area contributed by atoms with E-state index in [1.807, 2.05) is 6.92 Å². The molecule has 0 fully saturated rings. The second kappa shape index (κ2) is 20.7. The van der Waals surface area contributed by atoms with Gasteiger partial charge in [-0.1, -0.05) is 111 Å². The van der Waals surface area contributed by atoms with Gasteiger partial charge >= 0.3 is 7.82 Å². The maximum atomic E-state index is 11.8. The van der Waals surface area contributed by atoms with Crippen molar-refractivity contribution in [3.8, 4) is 0 Å². The Bertz CT molecular complexity index is 689. The van der Waals surface area contributed by atoms with Crippen LogP contribution in [0.1, 0.15) is 108 Å². The summed E-state index contributed by atoms with van der Waals surface area (Å²) in [6.07, 6.45) is 16.2. The molecule has 0 aromatic heterocycles. The van der Waals surface area contributed by atoms with Crippen LogP contribution < -0.4 is 0 Å². The van der Waals surface area contributed by atoms with Crippen LogP contribution in [0.2, 0.25) is 0 Å². The zero-order valence-corrected chi connectivity index (χ0v) is 24.6. The lowest BCUT2D eigenvalue weighted by Crippen LogP contribution is -2.15. The molecule has 35 heavy (non-hydrogen) atoms. The van der Waals surface area contributed by atoms with Gasteiger partial charge in [0, 0.05) is 12.4 Å². The molecule has 1 aromatic carbocycles. The van der Waals surface area contributed by atoms with E-state index >= 15 is 0 Å². The summed E-state index contributed by atoms with van der Waals surface area (Å²) in [7, 11) is -2.71. The SMILES string of the molecule is CCC(CCCCCCCCCCCCCc1cccc(CBr)c1)OOP(=O)(O)OCC(C)OC. The molecule has 0 amide bonds. The smallest absolute Gasteiger partial charge is 0.379 e. The lowest BCUT2D eigenvalue weighted by atomic mass is 10.0. The van der Waals surface area contributed by atoms with E-state index in [4.69, 9.17) is 18.8 Å². The first-order chi connectivity index (χ1) is 16.9. The minimum atomic E-state index is -4.22. The number of halogens is 1. The Hall–Kier alpha value is -0.270. The van der Waals surface area contributed by atoms with Crippen LogP contribution >= 0.6 is 23.8 Å². The van der Waals surface area contributed by atoms with Crippen LogP contribution in [0.15, 0.2) is 24.3 Å². The van der Waals surface area contributed by atoms with Crippen LogP contribution in [0.3, 0.4) is 0 Å². The Morgan fingerprint density at radius 1 is 0.943 bits per heavy atom. The summed E-state index contributed by atoms with van der Waals surface area (Å²) in [6.45, 7) is 3.69. The summed E-state index contributed by atoms with van der Waals surface area (Å²) in [5.74, 6) is 0. The quantitative estimate of drug-likeness (QED) is 0.0460. The highest BCUT2D eigenvalue weighted by atomic mass is 79.9. The number of ether oxygens (including phenoxy) is 1. The number of aryl methyl sites for hydroxylation is 1. The molecule has 6 nitrogen and oxygen atoms in total. The van der Waals surface area contributed by atoms with Gasteiger partial charge in [-0.25, -0.2) is 9.45 Å². The van der Waals surface area contributed by atoms with Gasteiger partial charge in [-0.3, -0.25) is 4.52 Å². The van der Waals surface area contributed by atoms with Crippen molar-refractivity contribution >= 4 is 23.8 Å². The molecule has 3 unspecified atom stereocenters. The third kappa shape index (κ3) is 17.8. The van der Waals surface area contributed by atoms with E-state index in [0.717, 1.165) is 31.0 Å². The fraction of sp³-hybridized carbons (Fsp3) is 0.778. The average Bonchev–Trinajstić information content (AvgIpc) is 2.87. The number of phosphoric acid groups is 1. The first-order valence-corrected chi connectivity index (χ1v) is 16.0. The zero-order valence-electron chi connectivity index (χ0n) is 22.1. The van der Waals surface area contributed by atoms with Gasteiger partial charge in [-0.05, 0) is 43.7 Å². The number of methoxy groups -OCH3 is 1. The summed E-state index contributed by atoms with van der Waals surface area (Å²) in [5, 5.41) is 0.934. The molecule has 0 saturated heterocycles. The van der Waals surface area contributed by atoms with Crippen molar-refractivity contribution in [3.05, 3.63) is 35.4 Å². The van der Waals surface area contributed by atoms with E-state index in [9.17, 15) is 9.46 Å². The Kier molecular flexibility index (Phi) is 19.4. The standard InChI is InChI=1S/C27H48BrO6P/c1-4-27(33-34-35(29,30)32-23-24(2)31-3)20-15-13-11-9-7-5-6-8-10-12-14-17-25-18-16-19-26(21-25)22-28/h16,18-19,21,24,27H,4-15,17,20,22-23H2,1-3H3,(H,29,30). The van der Waals surface area contributed by atoms with E-state index in [2.05, 4.69) is 40.2 Å². The third-order valence-corrected chi connectivity index (χ3v) is 7.64. The Morgan fingerprint density at radius 3 is 2.09 bits per heavy atom. The fourth-order valence-electron chi connectivity index (χ4n) is 3.88. The van der Waals surface area contributed by atoms with Gasteiger partial charge < -0.3 is 9.63 Å². The molecule has 1 aromatic rings. The molecular weight excluding hydrogens is 531 g/mol. The largest absolute Gasteiger partial charge is 0.499 e. The predicted molar refractivity (Wildman–Crippen MR) is 147 cm³/mol.